The highest BCUT2D eigenvalue weighted by atomic mass is 16.2. The second-order valence-corrected chi connectivity index (χ2v) is 6.11. The van der Waals surface area contributed by atoms with Gasteiger partial charge in [-0.05, 0) is 37.8 Å². The number of nitrogens with zero attached hydrogens (tertiary/aromatic N) is 1. The van der Waals surface area contributed by atoms with Crippen molar-refractivity contribution in [3.05, 3.63) is 35.4 Å². The molecule has 2 N–H and O–H groups in total. The van der Waals surface area contributed by atoms with Gasteiger partial charge in [-0.15, -0.1) is 0 Å². The molecule has 1 saturated heterocycles. The maximum atomic E-state index is 12.8. The third-order valence-corrected chi connectivity index (χ3v) is 4.17. The van der Waals surface area contributed by atoms with Crippen molar-refractivity contribution in [2.75, 3.05) is 6.54 Å². The molecule has 1 aliphatic heterocycles. The van der Waals surface area contributed by atoms with E-state index in [0.717, 1.165) is 22.4 Å². The summed E-state index contributed by atoms with van der Waals surface area (Å²) in [5.41, 5.74) is 0.927. The van der Waals surface area contributed by atoms with Gasteiger partial charge in [0.1, 0.15) is 12.1 Å². The van der Waals surface area contributed by atoms with Crippen LogP contribution in [0.2, 0.25) is 0 Å². The lowest BCUT2D eigenvalue weighted by Gasteiger charge is -2.22. The van der Waals surface area contributed by atoms with Crippen LogP contribution in [0, 0.1) is 0 Å². The predicted octanol–water partition coefficient (Wildman–Crippen LogP) is 0.904. The lowest BCUT2D eigenvalue weighted by molar-refractivity contribution is -0.135. The van der Waals surface area contributed by atoms with Crippen LogP contribution in [0.25, 0.3) is 0 Å². The average molecular weight is 301 g/mol. The van der Waals surface area contributed by atoms with Crippen molar-refractivity contribution in [1.29, 1.82) is 0 Å². The number of nitrogens with one attached hydrogen (secondary N) is 2. The van der Waals surface area contributed by atoms with Gasteiger partial charge in [0.25, 0.3) is 5.91 Å². The minimum absolute atomic E-state index is 0.0329. The third-order valence-electron chi connectivity index (χ3n) is 4.17. The molecule has 0 radical (unpaired) electrons. The first-order valence-corrected chi connectivity index (χ1v) is 7.46. The highest BCUT2D eigenvalue weighted by Gasteiger charge is 2.55. The van der Waals surface area contributed by atoms with E-state index in [9.17, 15) is 14.4 Å². The van der Waals surface area contributed by atoms with Gasteiger partial charge in [-0.3, -0.25) is 14.5 Å². The van der Waals surface area contributed by atoms with Crippen LogP contribution in [0.1, 0.15) is 31.4 Å². The second kappa shape index (κ2) is 5.12. The number of carbonyl (C=O) groups excluding carboxylic acids is 3. The molecule has 1 spiro atoms. The fraction of sp³-hybridized carbons (Fsp3) is 0.438. The Morgan fingerprint density at radius 3 is 2.82 bits per heavy atom. The van der Waals surface area contributed by atoms with E-state index in [1.165, 1.54) is 0 Å². The summed E-state index contributed by atoms with van der Waals surface area (Å²) >= 11 is 0. The number of fused-ring (bicyclic) bond motifs is 2. The van der Waals surface area contributed by atoms with Gasteiger partial charge < -0.3 is 10.6 Å². The Bertz CT molecular complexity index is 656. The summed E-state index contributed by atoms with van der Waals surface area (Å²) in [5, 5.41) is 5.50. The van der Waals surface area contributed by atoms with E-state index in [-0.39, 0.29) is 24.4 Å². The first kappa shape index (κ1) is 14.6. The van der Waals surface area contributed by atoms with Gasteiger partial charge in [0, 0.05) is 6.04 Å². The van der Waals surface area contributed by atoms with Gasteiger partial charge in [-0.1, -0.05) is 24.3 Å². The van der Waals surface area contributed by atoms with Crippen molar-refractivity contribution >= 4 is 17.8 Å². The number of urea groups is 1. The molecule has 2 aliphatic rings. The molecule has 0 saturated carbocycles. The molecule has 0 unspecified atom stereocenters. The summed E-state index contributed by atoms with van der Waals surface area (Å²) in [6.07, 6.45) is 1.29. The van der Waals surface area contributed by atoms with Crippen molar-refractivity contribution < 1.29 is 14.4 Å². The number of carbonyl (C=O) groups is 3. The molecule has 1 aromatic rings. The summed E-state index contributed by atoms with van der Waals surface area (Å²) < 4.78 is 0. The quantitative estimate of drug-likeness (QED) is 0.814. The summed E-state index contributed by atoms with van der Waals surface area (Å²) in [6, 6.07) is 7.09. The molecule has 1 aliphatic carbocycles. The van der Waals surface area contributed by atoms with E-state index >= 15 is 0 Å². The Morgan fingerprint density at radius 2 is 2.09 bits per heavy atom. The largest absolute Gasteiger partial charge is 0.352 e. The van der Waals surface area contributed by atoms with Crippen molar-refractivity contribution in [3.8, 4) is 0 Å². The molecule has 1 atom stereocenters. The van der Waals surface area contributed by atoms with Crippen LogP contribution in [-0.2, 0) is 21.5 Å². The first-order valence-electron chi connectivity index (χ1n) is 7.46. The number of hydrogen-bond acceptors (Lipinski definition) is 3. The average Bonchev–Trinajstić information content (AvgIpc) is 2.93. The molecule has 1 fully saturated rings. The second-order valence-electron chi connectivity index (χ2n) is 6.11. The zero-order valence-electron chi connectivity index (χ0n) is 12.7. The Balaban J connectivity index is 1.85. The van der Waals surface area contributed by atoms with Crippen molar-refractivity contribution in [1.82, 2.24) is 15.5 Å². The van der Waals surface area contributed by atoms with E-state index < -0.39 is 11.6 Å². The zero-order valence-corrected chi connectivity index (χ0v) is 12.7. The maximum absolute atomic E-state index is 12.8. The highest BCUT2D eigenvalue weighted by Crippen LogP contribution is 2.41. The Kier molecular flexibility index (Phi) is 3.39. The molecule has 0 bridgehead atoms. The van der Waals surface area contributed by atoms with Gasteiger partial charge in [-0.2, -0.15) is 0 Å². The fourth-order valence-corrected chi connectivity index (χ4v) is 3.24. The standard InChI is InChI=1S/C16H19N3O3/c1-10(2)17-13(20)9-19-14(21)16(18-15(19)22)8-7-11-5-3-4-6-12(11)16/h3-6,10H,7-9H2,1-2H3,(H,17,20)(H,18,22)/t16-/m0/s1. The van der Waals surface area contributed by atoms with E-state index in [1.807, 2.05) is 38.1 Å². The summed E-state index contributed by atoms with van der Waals surface area (Å²) in [4.78, 5) is 37.9. The van der Waals surface area contributed by atoms with Crippen molar-refractivity contribution in [2.24, 2.45) is 0 Å². The monoisotopic (exact) mass is 301 g/mol. The topological polar surface area (TPSA) is 78.5 Å². The molecule has 6 nitrogen and oxygen atoms in total. The lowest BCUT2D eigenvalue weighted by atomic mass is 9.92. The van der Waals surface area contributed by atoms with Gasteiger partial charge in [0.15, 0.2) is 0 Å². The number of rotatable bonds is 3. The summed E-state index contributed by atoms with van der Waals surface area (Å²) in [7, 11) is 0. The molecular formula is C16H19N3O3. The Morgan fingerprint density at radius 1 is 1.36 bits per heavy atom. The zero-order chi connectivity index (χ0) is 15.9. The van der Waals surface area contributed by atoms with Gasteiger partial charge in [0.05, 0.1) is 0 Å². The molecule has 4 amide bonds. The third kappa shape index (κ3) is 2.15. The van der Waals surface area contributed by atoms with Crippen LogP contribution in [0.4, 0.5) is 4.79 Å². The Labute approximate surface area is 128 Å². The van der Waals surface area contributed by atoms with E-state index in [4.69, 9.17) is 0 Å². The summed E-state index contributed by atoms with van der Waals surface area (Å²) in [6.45, 7) is 3.42. The molecular weight excluding hydrogens is 282 g/mol. The number of aryl methyl sites for hydroxylation is 1. The Hall–Kier alpha value is -2.37. The SMILES string of the molecule is CC(C)NC(=O)CN1C(=O)N[C@]2(CCc3ccccc32)C1=O. The predicted molar refractivity (Wildman–Crippen MR) is 80.0 cm³/mol. The minimum Gasteiger partial charge on any atom is -0.352 e. The van der Waals surface area contributed by atoms with Crippen LogP contribution in [0.5, 0.6) is 0 Å². The number of hydrogen-bond donors (Lipinski definition) is 2. The normalized spacial score (nSPS) is 23.1. The minimum atomic E-state index is -0.994. The summed E-state index contributed by atoms with van der Waals surface area (Å²) in [5.74, 6) is -0.664. The van der Waals surface area contributed by atoms with Gasteiger partial charge >= 0.3 is 6.03 Å². The smallest absolute Gasteiger partial charge is 0.325 e. The molecule has 116 valence electrons. The van der Waals surface area contributed by atoms with Crippen molar-refractivity contribution in [3.63, 3.8) is 0 Å². The van der Waals surface area contributed by atoms with Gasteiger partial charge in [0.2, 0.25) is 5.91 Å². The fourth-order valence-electron chi connectivity index (χ4n) is 3.24. The lowest BCUT2D eigenvalue weighted by Crippen LogP contribution is -2.44. The number of amides is 4. The molecule has 22 heavy (non-hydrogen) atoms. The number of benzene rings is 1. The van der Waals surface area contributed by atoms with Crippen molar-refractivity contribution in [2.45, 2.75) is 38.3 Å². The van der Waals surface area contributed by atoms with Crippen LogP contribution < -0.4 is 10.6 Å². The van der Waals surface area contributed by atoms with E-state index in [0.29, 0.717) is 6.42 Å². The first-order chi connectivity index (χ1) is 10.4. The van der Waals surface area contributed by atoms with Crippen LogP contribution in [-0.4, -0.2) is 35.3 Å². The molecule has 0 aromatic heterocycles. The van der Waals surface area contributed by atoms with Crippen LogP contribution >= 0.6 is 0 Å². The molecule has 1 heterocycles. The van der Waals surface area contributed by atoms with E-state index in [1.54, 1.807) is 0 Å². The highest BCUT2D eigenvalue weighted by molar-refractivity contribution is 6.09. The molecule has 1 aromatic carbocycles. The molecule has 6 heteroatoms. The van der Waals surface area contributed by atoms with Crippen LogP contribution in [0.3, 0.4) is 0 Å². The van der Waals surface area contributed by atoms with E-state index in [2.05, 4.69) is 10.6 Å². The number of imide groups is 1. The van der Waals surface area contributed by atoms with Crippen LogP contribution in [0.15, 0.2) is 24.3 Å². The molecule has 3 rings (SSSR count). The van der Waals surface area contributed by atoms with Gasteiger partial charge in [-0.25, -0.2) is 4.79 Å². The maximum Gasteiger partial charge on any atom is 0.325 e.